The van der Waals surface area contributed by atoms with E-state index >= 15 is 0 Å². The lowest BCUT2D eigenvalue weighted by Crippen LogP contribution is -2.37. The normalized spacial score (nSPS) is 13.8. The zero-order valence-electron chi connectivity index (χ0n) is 19.8. The second kappa shape index (κ2) is 10.6. The molecule has 0 aliphatic carbocycles. The zero-order valence-corrected chi connectivity index (χ0v) is 20.6. The number of urea groups is 1. The van der Waals surface area contributed by atoms with Crippen LogP contribution in [-0.2, 0) is 14.8 Å². The van der Waals surface area contributed by atoms with Gasteiger partial charge in [0.15, 0.2) is 0 Å². The summed E-state index contributed by atoms with van der Waals surface area (Å²) in [7, 11) is -4.15. The number of para-hydroxylation sites is 1. The number of morpholine rings is 1. The summed E-state index contributed by atoms with van der Waals surface area (Å²) < 4.78 is 59.6. The summed E-state index contributed by atoms with van der Waals surface area (Å²) in [5.74, 6) is -1.08. The average molecular weight is 541 g/mol. The zero-order chi connectivity index (χ0) is 26.7. The molecule has 0 unspecified atom stereocenters. The molecule has 1 aliphatic heterocycles. The van der Waals surface area contributed by atoms with Crippen LogP contribution in [0.5, 0.6) is 0 Å². The molecule has 0 atom stereocenters. The summed E-state index contributed by atoms with van der Waals surface area (Å²) in [4.78, 5) is 23.5. The van der Waals surface area contributed by atoms with Gasteiger partial charge in [-0.3, -0.25) is 10.0 Å². The van der Waals surface area contributed by atoms with Gasteiger partial charge in [0.2, 0.25) is 5.95 Å². The number of aromatic nitrogens is 2. The van der Waals surface area contributed by atoms with Crippen molar-refractivity contribution in [2.75, 3.05) is 46.6 Å². The van der Waals surface area contributed by atoms with E-state index in [0.717, 1.165) is 17.5 Å². The number of carbonyl (C=O) groups excluding carboxylic acids is 1. The van der Waals surface area contributed by atoms with Crippen molar-refractivity contribution in [1.82, 2.24) is 9.97 Å². The van der Waals surface area contributed by atoms with Crippen molar-refractivity contribution in [2.24, 2.45) is 0 Å². The van der Waals surface area contributed by atoms with E-state index in [1.54, 1.807) is 0 Å². The SMILES string of the molecule is O=C(Nc1ccc(S(=O)(=O)Nc2ccc(F)cc2F)cc1)Nc1nc(N2CCOCC2)c2ccccc2n1. The molecule has 0 saturated carbocycles. The van der Waals surface area contributed by atoms with Gasteiger partial charge in [-0.25, -0.2) is 27.0 Å². The third-order valence-corrected chi connectivity index (χ3v) is 7.10. The molecule has 1 aliphatic rings. The number of hydrogen-bond acceptors (Lipinski definition) is 7. The number of hydrogen-bond donors (Lipinski definition) is 3. The highest BCUT2D eigenvalue weighted by Crippen LogP contribution is 2.26. The number of sulfonamides is 1. The van der Waals surface area contributed by atoms with Gasteiger partial charge in [-0.05, 0) is 48.5 Å². The second-order valence-electron chi connectivity index (χ2n) is 8.32. The van der Waals surface area contributed by atoms with Crippen molar-refractivity contribution < 1.29 is 26.7 Å². The maximum absolute atomic E-state index is 13.9. The van der Waals surface area contributed by atoms with Crippen LogP contribution in [0.15, 0.2) is 71.6 Å². The van der Waals surface area contributed by atoms with Gasteiger partial charge in [0, 0.05) is 30.2 Å². The molecule has 1 saturated heterocycles. The predicted molar refractivity (Wildman–Crippen MR) is 139 cm³/mol. The van der Waals surface area contributed by atoms with Gasteiger partial charge in [-0.1, -0.05) is 12.1 Å². The monoisotopic (exact) mass is 540 g/mol. The molecule has 10 nitrogen and oxygen atoms in total. The number of anilines is 4. The van der Waals surface area contributed by atoms with E-state index in [2.05, 4.69) is 30.2 Å². The topological polar surface area (TPSA) is 126 Å². The van der Waals surface area contributed by atoms with Crippen molar-refractivity contribution in [2.45, 2.75) is 4.90 Å². The van der Waals surface area contributed by atoms with Crippen LogP contribution in [0.25, 0.3) is 10.9 Å². The summed E-state index contributed by atoms with van der Waals surface area (Å²) in [5, 5.41) is 6.07. The molecule has 2 amide bonds. The summed E-state index contributed by atoms with van der Waals surface area (Å²) in [6, 6.07) is 14.6. The smallest absolute Gasteiger partial charge is 0.326 e. The highest BCUT2D eigenvalue weighted by atomic mass is 32.2. The number of rotatable bonds is 6. The largest absolute Gasteiger partial charge is 0.378 e. The first-order valence-corrected chi connectivity index (χ1v) is 13.0. The molecule has 13 heteroatoms. The molecule has 0 spiro atoms. The number of ether oxygens (including phenoxy) is 1. The maximum atomic E-state index is 13.9. The van der Waals surface area contributed by atoms with Crippen LogP contribution < -0.4 is 20.3 Å². The summed E-state index contributed by atoms with van der Waals surface area (Å²) in [6.07, 6.45) is 0. The standard InChI is InChI=1S/C25H22F2N6O4S/c26-16-5-10-22(20(27)15-16)32-38(35,36)18-8-6-17(7-9-18)28-25(34)31-24-29-21-4-2-1-3-19(21)23(30-24)33-11-13-37-14-12-33/h1-10,15,32H,11-14H2,(H2,28,29,30,31,34). The Balaban J connectivity index is 1.29. The fourth-order valence-electron chi connectivity index (χ4n) is 3.89. The van der Waals surface area contributed by atoms with Gasteiger partial charge in [-0.15, -0.1) is 0 Å². The van der Waals surface area contributed by atoms with Crippen molar-refractivity contribution in [3.05, 3.63) is 78.4 Å². The summed E-state index contributed by atoms with van der Waals surface area (Å²) >= 11 is 0. The van der Waals surface area contributed by atoms with Crippen molar-refractivity contribution in [3.8, 4) is 0 Å². The van der Waals surface area contributed by atoms with E-state index in [4.69, 9.17) is 4.74 Å². The van der Waals surface area contributed by atoms with Gasteiger partial charge >= 0.3 is 6.03 Å². The second-order valence-corrected chi connectivity index (χ2v) is 10.0. The molecular formula is C25H22F2N6O4S. The predicted octanol–water partition coefficient (Wildman–Crippen LogP) is 4.19. The molecule has 4 aromatic rings. The number of nitrogens with zero attached hydrogens (tertiary/aromatic N) is 3. The summed E-state index contributed by atoms with van der Waals surface area (Å²) in [6.45, 7) is 2.46. The molecule has 196 valence electrons. The van der Waals surface area contributed by atoms with Crippen LogP contribution >= 0.6 is 0 Å². The Morgan fingerprint density at radius 3 is 2.39 bits per heavy atom. The fourth-order valence-corrected chi connectivity index (χ4v) is 4.96. The Morgan fingerprint density at radius 2 is 1.66 bits per heavy atom. The molecule has 0 bridgehead atoms. The number of nitrogens with one attached hydrogen (secondary N) is 3. The Morgan fingerprint density at radius 1 is 0.921 bits per heavy atom. The summed E-state index contributed by atoms with van der Waals surface area (Å²) in [5.41, 5.74) is 0.572. The number of carbonyl (C=O) groups is 1. The van der Waals surface area contributed by atoms with Crippen LogP contribution in [0.3, 0.4) is 0 Å². The van der Waals surface area contributed by atoms with Crippen LogP contribution in [0.2, 0.25) is 0 Å². The molecule has 1 fully saturated rings. The van der Waals surface area contributed by atoms with Crippen molar-refractivity contribution >= 4 is 50.1 Å². The minimum Gasteiger partial charge on any atom is -0.378 e. The van der Waals surface area contributed by atoms with E-state index in [0.29, 0.717) is 49.4 Å². The van der Waals surface area contributed by atoms with E-state index < -0.39 is 27.7 Å². The third kappa shape index (κ3) is 5.63. The van der Waals surface area contributed by atoms with Gasteiger partial charge in [0.25, 0.3) is 10.0 Å². The first-order chi connectivity index (χ1) is 18.3. The highest BCUT2D eigenvalue weighted by molar-refractivity contribution is 7.92. The van der Waals surface area contributed by atoms with Gasteiger partial charge < -0.3 is 15.0 Å². The molecule has 38 heavy (non-hydrogen) atoms. The van der Waals surface area contributed by atoms with Gasteiger partial charge in [0.05, 0.1) is 29.3 Å². The molecule has 3 aromatic carbocycles. The first kappa shape index (κ1) is 25.3. The van der Waals surface area contributed by atoms with Crippen LogP contribution in [0, 0.1) is 11.6 Å². The average Bonchev–Trinajstić information content (AvgIpc) is 2.90. The molecule has 2 heterocycles. The fraction of sp³-hybridized carbons (Fsp3) is 0.160. The molecular weight excluding hydrogens is 518 g/mol. The van der Waals surface area contributed by atoms with Gasteiger partial charge in [0.1, 0.15) is 17.5 Å². The van der Waals surface area contributed by atoms with E-state index in [1.165, 1.54) is 24.3 Å². The molecule has 1 aromatic heterocycles. The lowest BCUT2D eigenvalue weighted by Gasteiger charge is -2.28. The highest BCUT2D eigenvalue weighted by Gasteiger charge is 2.19. The number of benzene rings is 3. The Kier molecular flexibility index (Phi) is 7.03. The lowest BCUT2D eigenvalue weighted by atomic mass is 10.2. The minimum absolute atomic E-state index is 0.104. The molecule has 0 radical (unpaired) electrons. The Bertz CT molecular complexity index is 1600. The number of amides is 2. The number of halogens is 2. The maximum Gasteiger partial charge on any atom is 0.326 e. The van der Waals surface area contributed by atoms with E-state index in [1.807, 2.05) is 24.3 Å². The Hall–Kier alpha value is -4.36. The molecule has 3 N–H and O–H groups in total. The van der Waals surface area contributed by atoms with Crippen molar-refractivity contribution in [3.63, 3.8) is 0 Å². The quantitative estimate of drug-likeness (QED) is 0.335. The van der Waals surface area contributed by atoms with Crippen LogP contribution in [0.1, 0.15) is 0 Å². The lowest BCUT2D eigenvalue weighted by molar-refractivity contribution is 0.122. The first-order valence-electron chi connectivity index (χ1n) is 11.5. The third-order valence-electron chi connectivity index (χ3n) is 5.72. The van der Waals surface area contributed by atoms with Gasteiger partial charge in [-0.2, -0.15) is 4.98 Å². The Labute approximate surface area is 216 Å². The molecule has 5 rings (SSSR count). The van der Waals surface area contributed by atoms with E-state index in [9.17, 15) is 22.0 Å². The number of fused-ring (bicyclic) bond motifs is 1. The van der Waals surface area contributed by atoms with Crippen molar-refractivity contribution in [1.29, 1.82) is 0 Å². The minimum atomic E-state index is -4.15. The van der Waals surface area contributed by atoms with Crippen LogP contribution in [0.4, 0.5) is 36.7 Å². The van der Waals surface area contributed by atoms with Crippen LogP contribution in [-0.4, -0.2) is 50.7 Å². The van der Waals surface area contributed by atoms with E-state index in [-0.39, 0.29) is 16.5 Å².